The molecule has 1 aromatic carbocycles. The van der Waals surface area contributed by atoms with Crippen LogP contribution < -0.4 is 5.73 Å². The number of ether oxygens (including phenoxy) is 1. The van der Waals surface area contributed by atoms with Gasteiger partial charge in [0.15, 0.2) is 6.29 Å². The number of hydrogen-bond acceptors (Lipinski definition) is 6. The van der Waals surface area contributed by atoms with Gasteiger partial charge in [0.05, 0.1) is 29.6 Å². The Kier molecular flexibility index (Phi) is 4.82. The molecule has 2 aromatic rings. The van der Waals surface area contributed by atoms with Gasteiger partial charge in [-0.15, -0.1) is 0 Å². The summed E-state index contributed by atoms with van der Waals surface area (Å²) in [6.45, 7) is 0. The van der Waals surface area contributed by atoms with E-state index in [9.17, 15) is 5.11 Å². The van der Waals surface area contributed by atoms with Crippen LogP contribution >= 0.6 is 0 Å². The maximum absolute atomic E-state index is 9.85. The third-order valence-electron chi connectivity index (χ3n) is 3.11. The molecule has 21 heavy (non-hydrogen) atoms. The molecule has 1 heterocycles. The van der Waals surface area contributed by atoms with Gasteiger partial charge in [0.2, 0.25) is 0 Å². The molecule has 2 rings (SSSR count). The molecule has 108 valence electrons. The van der Waals surface area contributed by atoms with Crippen molar-refractivity contribution < 1.29 is 9.84 Å². The fourth-order valence-corrected chi connectivity index (χ4v) is 1.99. The average Bonchev–Trinajstić information content (AvgIpc) is 2.53. The Balaban J connectivity index is 2.45. The molecule has 0 spiro atoms. The van der Waals surface area contributed by atoms with Gasteiger partial charge in [-0.3, -0.25) is 0 Å². The largest absolute Gasteiger partial charge is 0.396 e. The second-order valence-electron chi connectivity index (χ2n) is 4.49. The summed E-state index contributed by atoms with van der Waals surface area (Å²) in [5.74, 6) is -0.290. The summed E-state index contributed by atoms with van der Waals surface area (Å²) in [5, 5.41) is 18.7. The molecule has 2 unspecified atom stereocenters. The third-order valence-corrected chi connectivity index (χ3v) is 3.11. The highest BCUT2D eigenvalue weighted by molar-refractivity contribution is 5.71. The predicted molar refractivity (Wildman–Crippen MR) is 77.9 cm³/mol. The molecule has 0 saturated carbocycles. The number of nitriles is 1. The Morgan fingerprint density at radius 1 is 1.38 bits per heavy atom. The van der Waals surface area contributed by atoms with Crippen LogP contribution in [-0.4, -0.2) is 28.5 Å². The van der Waals surface area contributed by atoms with Crippen molar-refractivity contribution in [2.75, 3.05) is 12.8 Å². The van der Waals surface area contributed by atoms with Gasteiger partial charge in [0, 0.05) is 19.1 Å². The molecule has 0 radical (unpaired) electrons. The molecular formula is C15H16N4O2. The normalized spacial score (nSPS) is 13.4. The third kappa shape index (κ3) is 3.34. The molecule has 0 aliphatic heterocycles. The minimum atomic E-state index is -1.14. The summed E-state index contributed by atoms with van der Waals surface area (Å²) in [4.78, 5) is 8.53. The smallest absolute Gasteiger partial charge is 0.165 e. The van der Waals surface area contributed by atoms with Crippen LogP contribution in [0.2, 0.25) is 0 Å². The first-order chi connectivity index (χ1) is 10.2. The molecule has 3 N–H and O–H groups in total. The standard InChI is InChI=1S/C15H16N4O2/c1-21-15(20)11(7-8-16)14-18-9-12(17)13(19-14)10-5-3-2-4-6-10/h2-6,9,11,15,20H,7,17H2,1H3. The Morgan fingerprint density at radius 2 is 2.10 bits per heavy atom. The summed E-state index contributed by atoms with van der Waals surface area (Å²) in [6, 6.07) is 11.4. The Labute approximate surface area is 122 Å². The van der Waals surface area contributed by atoms with E-state index in [0.29, 0.717) is 17.2 Å². The second kappa shape index (κ2) is 6.79. The summed E-state index contributed by atoms with van der Waals surface area (Å²) in [7, 11) is 1.37. The van der Waals surface area contributed by atoms with Gasteiger partial charge in [-0.1, -0.05) is 30.3 Å². The van der Waals surface area contributed by atoms with Gasteiger partial charge in [-0.2, -0.15) is 5.26 Å². The van der Waals surface area contributed by atoms with Crippen LogP contribution in [0.5, 0.6) is 0 Å². The summed E-state index contributed by atoms with van der Waals surface area (Å²) < 4.78 is 4.89. The van der Waals surface area contributed by atoms with Crippen LogP contribution in [0.25, 0.3) is 11.3 Å². The first kappa shape index (κ1) is 14.9. The Morgan fingerprint density at radius 3 is 2.71 bits per heavy atom. The topological polar surface area (TPSA) is 105 Å². The zero-order chi connectivity index (χ0) is 15.2. The number of aromatic nitrogens is 2. The minimum Gasteiger partial charge on any atom is -0.396 e. The SMILES string of the molecule is COC(O)C(CC#N)c1ncc(N)c(-c2ccccc2)n1. The van der Waals surface area contributed by atoms with Crippen LogP contribution in [0.4, 0.5) is 5.69 Å². The van der Waals surface area contributed by atoms with Crippen LogP contribution in [0, 0.1) is 11.3 Å². The van der Waals surface area contributed by atoms with Crippen LogP contribution in [0.3, 0.4) is 0 Å². The van der Waals surface area contributed by atoms with E-state index in [1.54, 1.807) is 0 Å². The van der Waals surface area contributed by atoms with E-state index in [1.807, 2.05) is 36.4 Å². The number of aliphatic hydroxyl groups excluding tert-OH is 1. The Bertz CT molecular complexity index is 640. The molecule has 0 bridgehead atoms. The maximum atomic E-state index is 9.85. The zero-order valence-corrected chi connectivity index (χ0v) is 11.6. The van der Waals surface area contributed by atoms with E-state index in [4.69, 9.17) is 15.7 Å². The van der Waals surface area contributed by atoms with Crippen molar-refractivity contribution in [3.63, 3.8) is 0 Å². The number of benzene rings is 1. The van der Waals surface area contributed by atoms with Crippen molar-refractivity contribution >= 4 is 5.69 Å². The fourth-order valence-electron chi connectivity index (χ4n) is 1.99. The molecule has 1 aromatic heterocycles. The molecule has 0 aliphatic carbocycles. The number of aliphatic hydroxyl groups is 1. The van der Waals surface area contributed by atoms with Gasteiger partial charge >= 0.3 is 0 Å². The fraction of sp³-hybridized carbons (Fsp3) is 0.267. The molecule has 0 amide bonds. The van der Waals surface area contributed by atoms with Gasteiger partial charge in [-0.05, 0) is 0 Å². The van der Waals surface area contributed by atoms with Gasteiger partial charge < -0.3 is 15.6 Å². The van der Waals surface area contributed by atoms with Crippen molar-refractivity contribution in [3.05, 3.63) is 42.4 Å². The molecule has 0 saturated heterocycles. The lowest BCUT2D eigenvalue weighted by Gasteiger charge is -2.18. The van der Waals surface area contributed by atoms with E-state index in [1.165, 1.54) is 13.3 Å². The summed E-state index contributed by atoms with van der Waals surface area (Å²) in [5.41, 5.74) is 7.78. The lowest BCUT2D eigenvalue weighted by molar-refractivity contribution is -0.0921. The minimum absolute atomic E-state index is 0.0488. The predicted octanol–water partition coefficient (Wildman–Crippen LogP) is 1.69. The van der Waals surface area contributed by atoms with Gasteiger partial charge in [0.1, 0.15) is 5.82 Å². The lowest BCUT2D eigenvalue weighted by atomic mass is 10.0. The number of rotatable bonds is 5. The second-order valence-corrected chi connectivity index (χ2v) is 4.49. The highest BCUT2D eigenvalue weighted by atomic mass is 16.6. The van der Waals surface area contributed by atoms with Crippen LogP contribution in [0.15, 0.2) is 36.5 Å². The van der Waals surface area contributed by atoms with Crippen LogP contribution in [-0.2, 0) is 4.74 Å². The monoisotopic (exact) mass is 284 g/mol. The van der Waals surface area contributed by atoms with E-state index < -0.39 is 12.2 Å². The van der Waals surface area contributed by atoms with Gasteiger partial charge in [-0.25, -0.2) is 9.97 Å². The maximum Gasteiger partial charge on any atom is 0.165 e. The van der Waals surface area contributed by atoms with Crippen molar-refractivity contribution in [3.8, 4) is 17.3 Å². The van der Waals surface area contributed by atoms with E-state index in [2.05, 4.69) is 9.97 Å². The van der Waals surface area contributed by atoms with Gasteiger partial charge in [0.25, 0.3) is 0 Å². The molecule has 2 atom stereocenters. The highest BCUT2D eigenvalue weighted by Gasteiger charge is 2.24. The first-order valence-corrected chi connectivity index (χ1v) is 6.43. The van der Waals surface area contributed by atoms with Crippen molar-refractivity contribution in [2.45, 2.75) is 18.6 Å². The number of nitrogen functional groups attached to an aromatic ring is 1. The molecule has 6 heteroatoms. The molecular weight excluding hydrogens is 268 g/mol. The summed E-state index contributed by atoms with van der Waals surface area (Å²) in [6.07, 6.45) is 0.391. The van der Waals surface area contributed by atoms with Crippen LogP contribution in [0.1, 0.15) is 18.2 Å². The lowest BCUT2D eigenvalue weighted by Crippen LogP contribution is -2.22. The van der Waals surface area contributed by atoms with Crippen molar-refractivity contribution in [1.29, 1.82) is 5.26 Å². The van der Waals surface area contributed by atoms with Crippen molar-refractivity contribution in [1.82, 2.24) is 9.97 Å². The molecule has 6 nitrogen and oxygen atoms in total. The number of hydrogen-bond donors (Lipinski definition) is 2. The number of methoxy groups -OCH3 is 1. The van der Waals surface area contributed by atoms with E-state index in [-0.39, 0.29) is 6.42 Å². The Hall–Kier alpha value is -2.49. The number of anilines is 1. The first-order valence-electron chi connectivity index (χ1n) is 6.43. The van der Waals surface area contributed by atoms with E-state index in [0.717, 1.165) is 5.56 Å². The highest BCUT2D eigenvalue weighted by Crippen LogP contribution is 2.27. The quantitative estimate of drug-likeness (QED) is 0.809. The summed E-state index contributed by atoms with van der Waals surface area (Å²) >= 11 is 0. The average molecular weight is 284 g/mol. The van der Waals surface area contributed by atoms with Crippen molar-refractivity contribution in [2.24, 2.45) is 0 Å². The number of nitrogens with two attached hydrogens (primary N) is 1. The number of nitrogens with zero attached hydrogens (tertiary/aromatic N) is 3. The molecule has 0 aliphatic rings. The molecule has 0 fully saturated rings. The van der Waals surface area contributed by atoms with E-state index >= 15 is 0 Å². The zero-order valence-electron chi connectivity index (χ0n) is 11.6.